The number of hydrogen-bond acceptors (Lipinski definition) is 4. The minimum absolute atomic E-state index is 0.221. The van der Waals surface area contributed by atoms with Gasteiger partial charge in [0.15, 0.2) is 11.5 Å². The number of fused-ring (bicyclic) bond motifs is 1. The van der Waals surface area contributed by atoms with Gasteiger partial charge in [0.25, 0.3) is 5.91 Å². The molecule has 0 saturated carbocycles. The number of nitrogens with zero attached hydrogens (tertiary/aromatic N) is 1. The molecule has 2 aromatic carbocycles. The average Bonchev–Trinajstić information content (AvgIpc) is 2.94. The van der Waals surface area contributed by atoms with Gasteiger partial charge in [-0.2, -0.15) is 5.10 Å². The van der Waals surface area contributed by atoms with E-state index >= 15 is 0 Å². The summed E-state index contributed by atoms with van der Waals surface area (Å²) in [7, 11) is 0. The maximum atomic E-state index is 12.0. The van der Waals surface area contributed by atoms with E-state index < -0.39 is 0 Å². The Labute approximate surface area is 132 Å². The summed E-state index contributed by atoms with van der Waals surface area (Å²) in [5.41, 5.74) is 4.62. The van der Waals surface area contributed by atoms with Crippen LogP contribution in [0.25, 0.3) is 0 Å². The number of hydrazone groups is 1. The normalized spacial score (nSPS) is 12.6. The van der Waals surface area contributed by atoms with Crippen molar-refractivity contribution in [1.82, 2.24) is 5.43 Å². The maximum Gasteiger partial charge on any atom is 0.272 e. The van der Waals surface area contributed by atoms with E-state index in [1.807, 2.05) is 19.1 Å². The quantitative estimate of drug-likeness (QED) is 0.699. The molecule has 0 fully saturated rings. The van der Waals surface area contributed by atoms with E-state index in [2.05, 4.69) is 10.5 Å². The minimum atomic E-state index is -0.359. The van der Waals surface area contributed by atoms with Crippen LogP contribution in [0.15, 0.2) is 41.5 Å². The van der Waals surface area contributed by atoms with Gasteiger partial charge in [-0.1, -0.05) is 17.7 Å². The van der Waals surface area contributed by atoms with Crippen molar-refractivity contribution in [2.24, 2.45) is 5.10 Å². The number of carbonyl (C=O) groups excluding carboxylic acids is 1. The van der Waals surface area contributed by atoms with Crippen LogP contribution in [-0.2, 0) is 0 Å². The van der Waals surface area contributed by atoms with Crippen molar-refractivity contribution in [2.75, 3.05) is 6.79 Å². The molecule has 112 valence electrons. The average molecular weight is 317 g/mol. The second-order valence-corrected chi connectivity index (χ2v) is 5.20. The molecule has 0 spiro atoms. The highest BCUT2D eigenvalue weighted by Gasteiger charge is 2.12. The molecule has 0 radical (unpaired) electrons. The third kappa shape index (κ3) is 3.04. The molecule has 0 saturated heterocycles. The van der Waals surface area contributed by atoms with Gasteiger partial charge in [0.1, 0.15) is 0 Å². The fourth-order valence-electron chi connectivity index (χ4n) is 2.02. The van der Waals surface area contributed by atoms with Crippen LogP contribution in [-0.4, -0.2) is 18.9 Å². The number of amides is 1. The van der Waals surface area contributed by atoms with Gasteiger partial charge in [-0.25, -0.2) is 5.43 Å². The summed E-state index contributed by atoms with van der Waals surface area (Å²) in [6.45, 7) is 2.13. The lowest BCUT2D eigenvalue weighted by molar-refractivity contribution is 0.0955. The second-order valence-electron chi connectivity index (χ2n) is 4.80. The lowest BCUT2D eigenvalue weighted by atomic mass is 10.1. The van der Waals surface area contributed by atoms with Crippen LogP contribution >= 0.6 is 11.6 Å². The number of ether oxygens (including phenoxy) is 2. The monoisotopic (exact) mass is 316 g/mol. The molecular weight excluding hydrogens is 304 g/mol. The first-order valence-corrected chi connectivity index (χ1v) is 7.00. The van der Waals surface area contributed by atoms with E-state index in [4.69, 9.17) is 21.1 Å². The molecule has 1 amide bonds. The third-order valence-corrected chi connectivity index (χ3v) is 3.46. The van der Waals surface area contributed by atoms with Gasteiger partial charge in [0, 0.05) is 0 Å². The fourth-order valence-corrected chi connectivity index (χ4v) is 2.34. The zero-order valence-electron chi connectivity index (χ0n) is 11.8. The molecule has 0 aliphatic carbocycles. The molecule has 1 aliphatic rings. The Morgan fingerprint density at radius 1 is 1.23 bits per heavy atom. The highest BCUT2D eigenvalue weighted by Crippen LogP contribution is 2.31. The molecule has 2 aromatic rings. The number of hydrogen-bond donors (Lipinski definition) is 1. The van der Waals surface area contributed by atoms with E-state index in [9.17, 15) is 4.79 Å². The van der Waals surface area contributed by atoms with Crippen LogP contribution in [0, 0.1) is 6.92 Å². The highest BCUT2D eigenvalue weighted by molar-refractivity contribution is 6.33. The summed E-state index contributed by atoms with van der Waals surface area (Å²) in [5.74, 6) is 1.01. The zero-order valence-corrected chi connectivity index (χ0v) is 12.6. The Morgan fingerprint density at radius 2 is 2.05 bits per heavy atom. The van der Waals surface area contributed by atoms with Crippen molar-refractivity contribution in [3.05, 3.63) is 58.1 Å². The van der Waals surface area contributed by atoms with Crippen molar-refractivity contribution >= 4 is 23.7 Å². The SMILES string of the molecule is Cc1ccc(C(=O)N/N=C/c2ccc3c(c2)OCO3)c(Cl)c1. The Morgan fingerprint density at radius 3 is 2.86 bits per heavy atom. The van der Waals surface area contributed by atoms with Crippen LogP contribution in [0.5, 0.6) is 11.5 Å². The predicted molar refractivity (Wildman–Crippen MR) is 83.8 cm³/mol. The van der Waals surface area contributed by atoms with E-state index in [0.717, 1.165) is 11.1 Å². The van der Waals surface area contributed by atoms with Gasteiger partial charge < -0.3 is 9.47 Å². The van der Waals surface area contributed by atoms with Crippen LogP contribution in [0.2, 0.25) is 5.02 Å². The topological polar surface area (TPSA) is 59.9 Å². The van der Waals surface area contributed by atoms with E-state index in [1.54, 1.807) is 24.3 Å². The Bertz CT molecular complexity index is 759. The van der Waals surface area contributed by atoms with Gasteiger partial charge in [-0.3, -0.25) is 4.79 Å². The summed E-state index contributed by atoms with van der Waals surface area (Å²) >= 11 is 6.04. The van der Waals surface area contributed by atoms with E-state index in [0.29, 0.717) is 22.1 Å². The Kier molecular flexibility index (Phi) is 3.98. The van der Waals surface area contributed by atoms with Crippen LogP contribution in [0.3, 0.4) is 0 Å². The first-order valence-electron chi connectivity index (χ1n) is 6.63. The van der Waals surface area contributed by atoms with Crippen molar-refractivity contribution in [3.8, 4) is 11.5 Å². The smallest absolute Gasteiger partial charge is 0.272 e. The van der Waals surface area contributed by atoms with Crippen LogP contribution in [0.1, 0.15) is 21.5 Å². The van der Waals surface area contributed by atoms with Crippen molar-refractivity contribution in [2.45, 2.75) is 6.92 Å². The molecule has 0 atom stereocenters. The number of benzene rings is 2. The van der Waals surface area contributed by atoms with E-state index in [-0.39, 0.29) is 12.7 Å². The second kappa shape index (κ2) is 6.07. The minimum Gasteiger partial charge on any atom is -0.454 e. The van der Waals surface area contributed by atoms with Crippen molar-refractivity contribution in [1.29, 1.82) is 0 Å². The molecule has 6 heteroatoms. The largest absolute Gasteiger partial charge is 0.454 e. The van der Waals surface area contributed by atoms with E-state index in [1.165, 1.54) is 6.21 Å². The van der Waals surface area contributed by atoms with Gasteiger partial charge >= 0.3 is 0 Å². The van der Waals surface area contributed by atoms with Crippen molar-refractivity contribution in [3.63, 3.8) is 0 Å². The summed E-state index contributed by atoms with van der Waals surface area (Å²) in [6, 6.07) is 10.6. The Hall–Kier alpha value is -2.53. The van der Waals surface area contributed by atoms with Crippen LogP contribution in [0.4, 0.5) is 0 Å². The maximum absolute atomic E-state index is 12.0. The standard InChI is InChI=1S/C16H13ClN2O3/c1-10-2-4-12(13(17)6-10)16(20)19-18-8-11-3-5-14-15(7-11)22-9-21-14/h2-8H,9H2,1H3,(H,19,20)/b18-8+. The molecule has 1 N–H and O–H groups in total. The molecule has 5 nitrogen and oxygen atoms in total. The molecule has 0 unspecified atom stereocenters. The van der Waals surface area contributed by atoms with Gasteiger partial charge in [-0.05, 0) is 48.4 Å². The summed E-state index contributed by atoms with van der Waals surface area (Å²) in [6.07, 6.45) is 1.53. The third-order valence-electron chi connectivity index (χ3n) is 3.15. The molecule has 0 aromatic heterocycles. The summed E-state index contributed by atoms with van der Waals surface area (Å²) in [4.78, 5) is 12.0. The molecule has 22 heavy (non-hydrogen) atoms. The number of carbonyl (C=O) groups is 1. The number of nitrogens with one attached hydrogen (secondary N) is 1. The van der Waals surface area contributed by atoms with Gasteiger partial charge in [0.2, 0.25) is 6.79 Å². The molecular formula is C16H13ClN2O3. The predicted octanol–water partition coefficient (Wildman–Crippen LogP) is 3.14. The number of halogens is 1. The first-order chi connectivity index (χ1) is 10.6. The highest BCUT2D eigenvalue weighted by atomic mass is 35.5. The number of aryl methyl sites for hydroxylation is 1. The fraction of sp³-hybridized carbons (Fsp3) is 0.125. The van der Waals surface area contributed by atoms with Crippen LogP contribution < -0.4 is 14.9 Å². The summed E-state index contributed by atoms with van der Waals surface area (Å²) < 4.78 is 10.5. The molecule has 1 aliphatic heterocycles. The van der Waals surface area contributed by atoms with Crippen molar-refractivity contribution < 1.29 is 14.3 Å². The Balaban J connectivity index is 1.68. The molecule has 1 heterocycles. The van der Waals surface area contributed by atoms with Gasteiger partial charge in [0.05, 0.1) is 16.8 Å². The zero-order chi connectivity index (χ0) is 15.5. The molecule has 3 rings (SSSR count). The summed E-state index contributed by atoms with van der Waals surface area (Å²) in [5, 5.41) is 4.33. The lowest BCUT2D eigenvalue weighted by Crippen LogP contribution is -2.18. The number of rotatable bonds is 3. The first kappa shape index (κ1) is 14.4. The lowest BCUT2D eigenvalue weighted by Gasteiger charge is -2.03. The van der Waals surface area contributed by atoms with Gasteiger partial charge in [-0.15, -0.1) is 0 Å². The molecule has 0 bridgehead atoms.